The second-order valence-electron chi connectivity index (χ2n) is 7.39. The molecule has 0 spiro atoms. The van der Waals surface area contributed by atoms with E-state index in [0.29, 0.717) is 12.3 Å². The zero-order chi connectivity index (χ0) is 17.6. The molecule has 3 atom stereocenters. The van der Waals surface area contributed by atoms with Gasteiger partial charge in [0.2, 0.25) is 0 Å². The van der Waals surface area contributed by atoms with Gasteiger partial charge in [0.05, 0.1) is 11.0 Å². The summed E-state index contributed by atoms with van der Waals surface area (Å²) in [4.78, 5) is 6.99. The normalized spacial score (nSPS) is 28.5. The number of hydrogen-bond donors (Lipinski definition) is 0. The van der Waals surface area contributed by atoms with Crippen LogP contribution < -0.4 is 0 Å². The largest absolute Gasteiger partial charge is 0.305 e. The van der Waals surface area contributed by atoms with E-state index in [1.54, 1.807) is 11.3 Å². The van der Waals surface area contributed by atoms with Gasteiger partial charge in [-0.05, 0) is 31.8 Å². The average molecular weight is 377 g/mol. The first kappa shape index (κ1) is 17.2. The second kappa shape index (κ2) is 6.50. The number of likely N-dealkylation sites (tertiary alicyclic amines) is 1. The number of benzene rings is 1. The Bertz CT molecular complexity index is 845. The van der Waals surface area contributed by atoms with Crippen LogP contribution in [0, 0.1) is 5.92 Å². The van der Waals surface area contributed by atoms with Gasteiger partial charge in [0, 0.05) is 41.3 Å². The van der Waals surface area contributed by atoms with Crippen molar-refractivity contribution in [2.24, 2.45) is 5.92 Å². The van der Waals surface area contributed by atoms with Crippen molar-refractivity contribution in [2.45, 2.75) is 17.8 Å². The first-order valence-electron chi connectivity index (χ1n) is 8.68. The lowest BCUT2D eigenvalue weighted by atomic mass is 10.00. The van der Waals surface area contributed by atoms with Crippen LogP contribution in [0.4, 0.5) is 0 Å². The summed E-state index contributed by atoms with van der Waals surface area (Å²) in [6.45, 7) is 2.40. The molecule has 1 aromatic heterocycles. The molecule has 3 heterocycles. The molecule has 0 radical (unpaired) electrons. The van der Waals surface area contributed by atoms with Crippen LogP contribution in [0.5, 0.6) is 0 Å². The maximum absolute atomic E-state index is 12.5. The Labute approximate surface area is 154 Å². The highest BCUT2D eigenvalue weighted by molar-refractivity contribution is 7.92. The van der Waals surface area contributed by atoms with Gasteiger partial charge in [0.25, 0.3) is 0 Å². The zero-order valence-electron chi connectivity index (χ0n) is 14.6. The van der Waals surface area contributed by atoms with Crippen LogP contribution in [0.25, 0.3) is 10.4 Å². The minimum atomic E-state index is -2.96. The summed E-state index contributed by atoms with van der Waals surface area (Å²) in [6.07, 6.45) is 0. The highest BCUT2D eigenvalue weighted by Gasteiger charge is 2.52. The van der Waals surface area contributed by atoms with Gasteiger partial charge in [-0.3, -0.25) is 4.90 Å². The molecule has 2 fully saturated rings. The van der Waals surface area contributed by atoms with E-state index >= 15 is 0 Å². The summed E-state index contributed by atoms with van der Waals surface area (Å²) in [6, 6.07) is 14.9. The molecular formula is C19H24N2O2S2. The Hall–Kier alpha value is -1.21. The third kappa shape index (κ3) is 3.28. The fraction of sp³-hybridized carbons (Fsp3) is 0.474. The van der Waals surface area contributed by atoms with Gasteiger partial charge in [0.1, 0.15) is 0 Å². The standard InChI is InChI=1S/C19H24N2O2S2/c1-20(2)17-13-25(22,23)19-12-21(11-16(17)19)10-15-8-9-18(24-15)14-6-4-3-5-7-14/h3-9,16-17,19H,10-13H2,1-2H3/t16-,17+,19-/m0/s1. The van der Waals surface area contributed by atoms with Crippen molar-refractivity contribution in [1.82, 2.24) is 9.80 Å². The van der Waals surface area contributed by atoms with Crippen molar-refractivity contribution >= 4 is 21.2 Å². The number of rotatable bonds is 4. The SMILES string of the molecule is CN(C)[C@@H]1CS(=O)(=O)[C@H]2CN(Cc3ccc(-c4ccccc4)s3)C[C@@H]12. The van der Waals surface area contributed by atoms with Gasteiger partial charge in [-0.15, -0.1) is 11.3 Å². The molecule has 0 saturated carbocycles. The Balaban J connectivity index is 1.48. The fourth-order valence-electron chi connectivity index (χ4n) is 4.22. The summed E-state index contributed by atoms with van der Waals surface area (Å²) in [5.41, 5.74) is 1.24. The van der Waals surface area contributed by atoms with E-state index in [0.717, 1.165) is 13.1 Å². The summed E-state index contributed by atoms with van der Waals surface area (Å²) >= 11 is 1.81. The Morgan fingerprint density at radius 2 is 1.88 bits per heavy atom. The summed E-state index contributed by atoms with van der Waals surface area (Å²) in [5, 5.41) is -0.187. The average Bonchev–Trinajstić information content (AvgIpc) is 3.26. The summed E-state index contributed by atoms with van der Waals surface area (Å²) in [7, 11) is 1.03. The van der Waals surface area contributed by atoms with E-state index < -0.39 is 9.84 Å². The molecule has 0 aliphatic carbocycles. The molecule has 2 aliphatic rings. The number of sulfone groups is 1. The van der Waals surface area contributed by atoms with E-state index in [2.05, 4.69) is 46.2 Å². The Kier molecular flexibility index (Phi) is 4.48. The minimum Gasteiger partial charge on any atom is -0.305 e. The maximum Gasteiger partial charge on any atom is 0.156 e. The van der Waals surface area contributed by atoms with E-state index in [9.17, 15) is 8.42 Å². The van der Waals surface area contributed by atoms with Gasteiger partial charge < -0.3 is 4.90 Å². The molecule has 6 heteroatoms. The highest BCUT2D eigenvalue weighted by Crippen LogP contribution is 2.37. The lowest BCUT2D eigenvalue weighted by Gasteiger charge is -2.24. The molecule has 134 valence electrons. The molecule has 1 aromatic carbocycles. The predicted octanol–water partition coefficient (Wildman–Crippen LogP) is 2.57. The van der Waals surface area contributed by atoms with E-state index in [-0.39, 0.29) is 17.2 Å². The topological polar surface area (TPSA) is 40.6 Å². The molecule has 0 N–H and O–H groups in total. The number of nitrogens with zero attached hydrogens (tertiary/aromatic N) is 2. The first-order chi connectivity index (χ1) is 11.9. The van der Waals surface area contributed by atoms with E-state index in [1.165, 1.54) is 15.3 Å². The lowest BCUT2D eigenvalue weighted by molar-refractivity contribution is 0.230. The number of hydrogen-bond acceptors (Lipinski definition) is 5. The molecule has 4 nitrogen and oxygen atoms in total. The molecule has 25 heavy (non-hydrogen) atoms. The quantitative estimate of drug-likeness (QED) is 0.822. The molecular weight excluding hydrogens is 352 g/mol. The summed E-state index contributed by atoms with van der Waals surface area (Å²) in [5.74, 6) is 0.564. The van der Waals surface area contributed by atoms with E-state index in [1.807, 2.05) is 20.2 Å². The fourth-order valence-corrected chi connectivity index (χ4v) is 7.78. The summed E-state index contributed by atoms with van der Waals surface area (Å²) < 4.78 is 25.0. The first-order valence-corrected chi connectivity index (χ1v) is 11.2. The molecule has 4 rings (SSSR count). The molecule has 2 aromatic rings. The van der Waals surface area contributed by atoms with Crippen molar-refractivity contribution in [3.63, 3.8) is 0 Å². The van der Waals surface area contributed by atoms with Crippen LogP contribution >= 0.6 is 11.3 Å². The van der Waals surface area contributed by atoms with Gasteiger partial charge in [-0.2, -0.15) is 0 Å². The van der Waals surface area contributed by atoms with Crippen molar-refractivity contribution in [1.29, 1.82) is 0 Å². The number of thiophene rings is 1. The van der Waals surface area contributed by atoms with Crippen LogP contribution in [0.15, 0.2) is 42.5 Å². The van der Waals surface area contributed by atoms with Crippen LogP contribution in [0.2, 0.25) is 0 Å². The van der Waals surface area contributed by atoms with E-state index in [4.69, 9.17) is 0 Å². The second-order valence-corrected chi connectivity index (χ2v) is 10.8. The third-order valence-electron chi connectivity index (χ3n) is 5.51. The number of fused-ring (bicyclic) bond motifs is 1. The van der Waals surface area contributed by atoms with Crippen molar-refractivity contribution in [3.05, 3.63) is 47.3 Å². The van der Waals surface area contributed by atoms with Crippen LogP contribution in [-0.4, -0.2) is 62.4 Å². The Morgan fingerprint density at radius 3 is 2.60 bits per heavy atom. The van der Waals surface area contributed by atoms with Gasteiger partial charge in [0.15, 0.2) is 9.84 Å². The van der Waals surface area contributed by atoms with Crippen molar-refractivity contribution in [3.8, 4) is 10.4 Å². The molecule has 0 amide bonds. The van der Waals surface area contributed by atoms with Crippen molar-refractivity contribution < 1.29 is 8.42 Å². The van der Waals surface area contributed by atoms with Gasteiger partial charge in [-0.25, -0.2) is 8.42 Å². The molecule has 2 saturated heterocycles. The molecule has 2 aliphatic heterocycles. The zero-order valence-corrected chi connectivity index (χ0v) is 16.3. The van der Waals surface area contributed by atoms with Gasteiger partial charge >= 0.3 is 0 Å². The lowest BCUT2D eigenvalue weighted by Crippen LogP contribution is -2.37. The maximum atomic E-state index is 12.5. The van der Waals surface area contributed by atoms with Crippen LogP contribution in [0.3, 0.4) is 0 Å². The van der Waals surface area contributed by atoms with Gasteiger partial charge in [-0.1, -0.05) is 30.3 Å². The minimum absolute atomic E-state index is 0.156. The van der Waals surface area contributed by atoms with Crippen molar-refractivity contribution in [2.75, 3.05) is 32.9 Å². The molecule has 0 unspecified atom stereocenters. The smallest absolute Gasteiger partial charge is 0.156 e. The third-order valence-corrected chi connectivity index (χ3v) is 8.85. The highest BCUT2D eigenvalue weighted by atomic mass is 32.2. The van der Waals surface area contributed by atoms with Crippen LogP contribution in [0.1, 0.15) is 4.88 Å². The monoisotopic (exact) mass is 376 g/mol. The Morgan fingerprint density at radius 1 is 1.12 bits per heavy atom. The molecule has 0 bridgehead atoms. The van der Waals surface area contributed by atoms with Crippen LogP contribution in [-0.2, 0) is 16.4 Å². The predicted molar refractivity (Wildman–Crippen MR) is 104 cm³/mol.